The summed E-state index contributed by atoms with van der Waals surface area (Å²) in [7, 11) is 0. The van der Waals surface area contributed by atoms with Gasteiger partial charge >= 0.3 is 11.9 Å². The highest BCUT2D eigenvalue weighted by molar-refractivity contribution is 5.81. The maximum Gasteiger partial charge on any atom is 0.330 e. The lowest BCUT2D eigenvalue weighted by Crippen LogP contribution is -1.98. The fourth-order valence-corrected chi connectivity index (χ4v) is 0.323. The molecule has 0 atom stereocenters. The van der Waals surface area contributed by atoms with Crippen LogP contribution in [0.25, 0.3) is 0 Å². The van der Waals surface area contributed by atoms with Gasteiger partial charge < -0.3 is 9.84 Å². The van der Waals surface area contributed by atoms with E-state index in [-0.39, 0.29) is 13.0 Å². The van der Waals surface area contributed by atoms with Crippen molar-refractivity contribution in [2.45, 2.75) is 6.42 Å². The highest BCUT2D eigenvalue weighted by Gasteiger charge is 1.88. The van der Waals surface area contributed by atoms with E-state index in [0.29, 0.717) is 0 Å². The Kier molecular flexibility index (Phi) is 11.7. The minimum atomic E-state index is -0.829. The average molecular weight is 198 g/mol. The molecule has 14 heavy (non-hydrogen) atoms. The van der Waals surface area contributed by atoms with Crippen LogP contribution < -0.4 is 0 Å². The molecule has 0 spiro atoms. The average Bonchev–Trinajstić information content (AvgIpc) is 2.15. The third-order valence-electron chi connectivity index (χ3n) is 0.829. The molecule has 0 aliphatic heterocycles. The topological polar surface area (TPSA) is 63.6 Å². The second kappa shape index (κ2) is 11.2. The Morgan fingerprint density at radius 3 is 2.00 bits per heavy atom. The van der Waals surface area contributed by atoms with E-state index in [1.165, 1.54) is 12.2 Å². The summed E-state index contributed by atoms with van der Waals surface area (Å²) in [6.45, 7) is 10.0. The predicted molar refractivity (Wildman–Crippen MR) is 53.8 cm³/mol. The van der Waals surface area contributed by atoms with Crippen molar-refractivity contribution in [1.82, 2.24) is 0 Å². The number of aliphatic carboxylic acids is 1. The number of hydrogen-bond donors (Lipinski definition) is 1. The lowest BCUT2D eigenvalue weighted by atomic mass is 10.4. The maximum atomic E-state index is 10.2. The summed E-state index contributed by atoms with van der Waals surface area (Å²) < 4.78 is 4.47. The molecule has 0 aromatic heterocycles. The van der Waals surface area contributed by atoms with Crippen molar-refractivity contribution in [2.75, 3.05) is 6.61 Å². The molecule has 0 aromatic carbocycles. The molecule has 0 heterocycles. The third kappa shape index (κ3) is 16.6. The number of esters is 1. The normalized spacial score (nSPS) is 7.43. The predicted octanol–water partition coefficient (Wildman–Crippen LogP) is 1.55. The molecule has 4 heteroatoms. The molecule has 0 bridgehead atoms. The van der Waals surface area contributed by atoms with Crippen LogP contribution >= 0.6 is 0 Å². The van der Waals surface area contributed by atoms with Gasteiger partial charge in [0.2, 0.25) is 0 Å². The lowest BCUT2D eigenvalue weighted by molar-refractivity contribution is -0.137. The van der Waals surface area contributed by atoms with Crippen molar-refractivity contribution >= 4 is 11.9 Å². The van der Waals surface area contributed by atoms with Crippen molar-refractivity contribution in [3.8, 4) is 0 Å². The van der Waals surface area contributed by atoms with E-state index >= 15 is 0 Å². The van der Waals surface area contributed by atoms with E-state index in [4.69, 9.17) is 5.11 Å². The molecule has 0 unspecified atom stereocenters. The molecule has 1 N–H and O–H groups in total. The van der Waals surface area contributed by atoms with E-state index in [2.05, 4.69) is 24.5 Å². The minimum absolute atomic E-state index is 0.0556. The maximum absolute atomic E-state index is 10.2. The van der Waals surface area contributed by atoms with Crippen LogP contribution in [0.5, 0.6) is 0 Å². The fraction of sp³-hybridized carbons (Fsp3) is 0.200. The highest BCUT2D eigenvalue weighted by Crippen LogP contribution is 1.77. The zero-order valence-electron chi connectivity index (χ0n) is 7.94. The second-order valence-electron chi connectivity index (χ2n) is 2.01. The third-order valence-corrected chi connectivity index (χ3v) is 0.829. The van der Waals surface area contributed by atoms with Crippen molar-refractivity contribution in [3.63, 3.8) is 0 Å². The summed E-state index contributed by atoms with van der Waals surface area (Å²) in [5.41, 5.74) is 0. The molecule has 0 saturated heterocycles. The number of carbonyl (C=O) groups excluding carboxylic acids is 1. The van der Waals surface area contributed by atoms with Crippen LogP contribution in [-0.4, -0.2) is 23.7 Å². The van der Waals surface area contributed by atoms with E-state index < -0.39 is 11.9 Å². The van der Waals surface area contributed by atoms with Crippen LogP contribution in [0.3, 0.4) is 0 Å². The quantitative estimate of drug-likeness (QED) is 0.413. The van der Waals surface area contributed by atoms with E-state index in [1.807, 2.05) is 0 Å². The molecule has 4 nitrogen and oxygen atoms in total. The molecular weight excluding hydrogens is 184 g/mol. The van der Waals surface area contributed by atoms with Gasteiger partial charge in [-0.2, -0.15) is 0 Å². The van der Waals surface area contributed by atoms with E-state index in [0.717, 1.165) is 6.08 Å². The van der Waals surface area contributed by atoms with E-state index in [9.17, 15) is 9.59 Å². The number of carbonyl (C=O) groups is 2. The Bertz CT molecular complexity index is 218. The number of ether oxygens (including phenoxy) is 1. The molecule has 0 aliphatic rings. The van der Waals surface area contributed by atoms with Crippen LogP contribution in [0.4, 0.5) is 0 Å². The minimum Gasteiger partial charge on any atom is -0.481 e. The number of rotatable bonds is 5. The first-order chi connectivity index (χ1) is 6.58. The summed E-state index contributed by atoms with van der Waals surface area (Å²) in [6, 6.07) is 0. The second-order valence-corrected chi connectivity index (χ2v) is 2.01. The lowest BCUT2D eigenvalue weighted by Gasteiger charge is -1.92. The van der Waals surface area contributed by atoms with Crippen molar-refractivity contribution in [2.24, 2.45) is 0 Å². The Morgan fingerprint density at radius 2 is 1.79 bits per heavy atom. The molecule has 0 aromatic rings. The molecule has 0 radical (unpaired) electrons. The molecule has 0 aliphatic carbocycles. The van der Waals surface area contributed by atoms with Gasteiger partial charge in [-0.3, -0.25) is 4.79 Å². The summed E-state index contributed by atoms with van der Waals surface area (Å²) in [4.78, 5) is 19.7. The molecular formula is C10H14O4. The Labute approximate surface area is 83.2 Å². The Balaban J connectivity index is 0. The molecule has 0 amide bonds. The van der Waals surface area contributed by atoms with Crippen LogP contribution in [0.15, 0.2) is 38.0 Å². The van der Waals surface area contributed by atoms with Gasteiger partial charge in [-0.25, -0.2) is 4.79 Å². The largest absolute Gasteiger partial charge is 0.481 e. The summed E-state index contributed by atoms with van der Waals surface area (Å²) in [5.74, 6) is -1.24. The van der Waals surface area contributed by atoms with Gasteiger partial charge in [0.25, 0.3) is 0 Å². The summed E-state index contributed by atoms with van der Waals surface area (Å²) in [5, 5.41) is 7.84. The molecule has 0 rings (SSSR count). The molecule has 78 valence electrons. The summed E-state index contributed by atoms with van der Waals surface area (Å²) in [6.07, 6.45) is 4.02. The molecule has 0 fully saturated rings. The monoisotopic (exact) mass is 198 g/mol. The van der Waals surface area contributed by atoms with Gasteiger partial charge in [-0.05, 0) is 0 Å². The van der Waals surface area contributed by atoms with Gasteiger partial charge in [-0.15, -0.1) is 6.58 Å². The summed E-state index contributed by atoms with van der Waals surface area (Å²) >= 11 is 0. The first-order valence-corrected chi connectivity index (χ1v) is 3.81. The van der Waals surface area contributed by atoms with Crippen LogP contribution in [0.2, 0.25) is 0 Å². The van der Waals surface area contributed by atoms with Gasteiger partial charge in [-0.1, -0.05) is 25.3 Å². The van der Waals surface area contributed by atoms with Crippen LogP contribution in [0.1, 0.15) is 6.42 Å². The Morgan fingerprint density at radius 1 is 1.21 bits per heavy atom. The number of carboxylic acid groups (broad SMARTS) is 1. The van der Waals surface area contributed by atoms with Crippen molar-refractivity contribution < 1.29 is 19.4 Å². The Hall–Kier alpha value is -1.84. The van der Waals surface area contributed by atoms with E-state index in [1.54, 1.807) is 0 Å². The standard InChI is InChI=1S/C6H8O2.C4H6O2/c1-3-5-8-6(7)4-2;1-2-3-4(5)6/h3-4H,1-2,5H2;2H,1,3H2,(H,5,6). The van der Waals surface area contributed by atoms with Gasteiger partial charge in [0, 0.05) is 6.08 Å². The van der Waals surface area contributed by atoms with Gasteiger partial charge in [0.05, 0.1) is 6.42 Å². The zero-order chi connectivity index (χ0) is 11.4. The fourth-order valence-electron chi connectivity index (χ4n) is 0.323. The number of hydrogen-bond acceptors (Lipinski definition) is 3. The van der Waals surface area contributed by atoms with Crippen LogP contribution in [0, 0.1) is 0 Å². The SMILES string of the molecule is C=CCC(=O)O.C=CCOC(=O)C=C. The first-order valence-electron chi connectivity index (χ1n) is 3.81. The van der Waals surface area contributed by atoms with Gasteiger partial charge in [0.1, 0.15) is 6.61 Å². The molecule has 0 saturated carbocycles. The van der Waals surface area contributed by atoms with Crippen LogP contribution in [-0.2, 0) is 14.3 Å². The number of carboxylic acids is 1. The highest BCUT2D eigenvalue weighted by atomic mass is 16.5. The zero-order valence-corrected chi connectivity index (χ0v) is 7.94. The van der Waals surface area contributed by atoms with Gasteiger partial charge in [0.15, 0.2) is 0 Å². The first kappa shape index (κ1) is 14.7. The van der Waals surface area contributed by atoms with Crippen molar-refractivity contribution in [1.29, 1.82) is 0 Å². The smallest absolute Gasteiger partial charge is 0.330 e. The van der Waals surface area contributed by atoms with Crippen molar-refractivity contribution in [3.05, 3.63) is 38.0 Å².